The third-order valence-electron chi connectivity index (χ3n) is 13.3. The summed E-state index contributed by atoms with van der Waals surface area (Å²) < 4.78 is 23.3. The molecule has 0 rings (SSSR count). The van der Waals surface area contributed by atoms with E-state index in [0.717, 1.165) is 77.0 Å². The minimum atomic E-state index is -4.60. The highest BCUT2D eigenvalue weighted by Gasteiger charge is 2.23. The Hall–Kier alpha value is -2.58. The van der Waals surface area contributed by atoms with Crippen molar-refractivity contribution in [2.24, 2.45) is 0 Å². The molecular formula is C65H117N2O6P. The molecule has 0 spiro atoms. The van der Waals surface area contributed by atoms with Gasteiger partial charge in [-0.1, -0.05) is 265 Å². The molecule has 0 saturated heterocycles. The molecule has 74 heavy (non-hydrogen) atoms. The second-order valence-electron chi connectivity index (χ2n) is 21.7. The largest absolute Gasteiger partial charge is 0.756 e. The van der Waals surface area contributed by atoms with Gasteiger partial charge in [-0.25, -0.2) is 0 Å². The van der Waals surface area contributed by atoms with E-state index < -0.39 is 26.6 Å². The summed E-state index contributed by atoms with van der Waals surface area (Å²) in [6.07, 6.45) is 79.4. The summed E-state index contributed by atoms with van der Waals surface area (Å²) >= 11 is 0. The van der Waals surface area contributed by atoms with Crippen LogP contribution in [0.15, 0.2) is 97.2 Å². The SMILES string of the molecule is CC/C=C\C/C=C\C/C=C\C/C=C\C/C=C\C/C=C\CCCCCCCCCCCCCCCCCCCCCCC(=O)NC(COP(=O)([O-])OCC[N+](C)(C)C)C(O)/C=C/CC/C=C/CCCCCCCCC. The molecule has 3 unspecified atom stereocenters. The topological polar surface area (TPSA) is 108 Å². The van der Waals surface area contributed by atoms with Crippen LogP contribution >= 0.6 is 7.82 Å². The third kappa shape index (κ3) is 57.1. The first-order valence-electron chi connectivity index (χ1n) is 30.6. The number of nitrogens with one attached hydrogen (secondary N) is 1. The molecule has 8 nitrogen and oxygen atoms in total. The van der Waals surface area contributed by atoms with E-state index in [1.165, 1.54) is 161 Å². The van der Waals surface area contributed by atoms with Gasteiger partial charge in [0.05, 0.1) is 39.9 Å². The Morgan fingerprint density at radius 2 is 0.838 bits per heavy atom. The van der Waals surface area contributed by atoms with Gasteiger partial charge in [0.25, 0.3) is 7.82 Å². The molecule has 0 heterocycles. The van der Waals surface area contributed by atoms with Gasteiger partial charge in [0, 0.05) is 6.42 Å². The van der Waals surface area contributed by atoms with Crippen LogP contribution in [0.25, 0.3) is 0 Å². The van der Waals surface area contributed by atoms with Gasteiger partial charge in [0.15, 0.2) is 0 Å². The van der Waals surface area contributed by atoms with Gasteiger partial charge in [-0.3, -0.25) is 9.36 Å². The second kappa shape index (κ2) is 55.2. The lowest BCUT2D eigenvalue weighted by Crippen LogP contribution is -2.45. The van der Waals surface area contributed by atoms with Gasteiger partial charge in [0.1, 0.15) is 13.2 Å². The van der Waals surface area contributed by atoms with Crippen LogP contribution < -0.4 is 10.2 Å². The van der Waals surface area contributed by atoms with Gasteiger partial charge in [-0.2, -0.15) is 0 Å². The molecule has 0 aliphatic heterocycles. The van der Waals surface area contributed by atoms with Crippen LogP contribution in [0, 0.1) is 0 Å². The zero-order valence-electron chi connectivity index (χ0n) is 48.8. The number of hydrogen-bond donors (Lipinski definition) is 2. The number of likely N-dealkylation sites (N-methyl/N-ethyl adjacent to an activating group) is 1. The number of quaternary nitrogens is 1. The fourth-order valence-corrected chi connectivity index (χ4v) is 9.25. The van der Waals surface area contributed by atoms with E-state index in [1.807, 2.05) is 27.2 Å². The van der Waals surface area contributed by atoms with E-state index in [4.69, 9.17) is 9.05 Å². The predicted molar refractivity (Wildman–Crippen MR) is 320 cm³/mol. The van der Waals surface area contributed by atoms with Crippen molar-refractivity contribution in [3.63, 3.8) is 0 Å². The number of allylic oxidation sites excluding steroid dienone is 15. The van der Waals surface area contributed by atoms with E-state index in [1.54, 1.807) is 6.08 Å². The van der Waals surface area contributed by atoms with Crippen molar-refractivity contribution in [2.45, 2.75) is 270 Å². The summed E-state index contributed by atoms with van der Waals surface area (Å²) in [6.45, 7) is 4.50. The lowest BCUT2D eigenvalue weighted by atomic mass is 10.0. The Morgan fingerprint density at radius 3 is 1.26 bits per heavy atom. The summed E-state index contributed by atoms with van der Waals surface area (Å²) in [5.74, 6) is -0.208. The van der Waals surface area contributed by atoms with Gasteiger partial charge in [-0.05, 0) is 83.5 Å². The number of carbonyl (C=O) groups is 1. The van der Waals surface area contributed by atoms with Gasteiger partial charge in [0.2, 0.25) is 5.91 Å². The highest BCUT2D eigenvalue weighted by Crippen LogP contribution is 2.38. The van der Waals surface area contributed by atoms with E-state index in [0.29, 0.717) is 17.4 Å². The number of nitrogens with zero attached hydrogens (tertiary/aromatic N) is 1. The summed E-state index contributed by atoms with van der Waals surface area (Å²) in [7, 11) is 1.24. The maximum Gasteiger partial charge on any atom is 0.268 e. The summed E-state index contributed by atoms with van der Waals surface area (Å²) in [4.78, 5) is 25.5. The number of phosphoric ester groups is 1. The second-order valence-corrected chi connectivity index (χ2v) is 23.1. The number of carbonyl (C=O) groups excluding carboxylic acids is 1. The quantitative estimate of drug-likeness (QED) is 0.0272. The Labute approximate surface area is 458 Å². The van der Waals surface area contributed by atoms with Crippen LogP contribution in [0.3, 0.4) is 0 Å². The summed E-state index contributed by atoms with van der Waals surface area (Å²) in [6, 6.07) is -0.905. The molecule has 0 radical (unpaired) electrons. The van der Waals surface area contributed by atoms with E-state index in [2.05, 4.69) is 104 Å². The summed E-state index contributed by atoms with van der Waals surface area (Å²) in [5, 5.41) is 13.8. The van der Waals surface area contributed by atoms with Crippen molar-refractivity contribution in [1.82, 2.24) is 5.32 Å². The van der Waals surface area contributed by atoms with Crippen molar-refractivity contribution in [1.29, 1.82) is 0 Å². The molecule has 0 aromatic heterocycles. The molecule has 428 valence electrons. The van der Waals surface area contributed by atoms with E-state index >= 15 is 0 Å². The molecule has 0 saturated carbocycles. The molecule has 9 heteroatoms. The van der Waals surface area contributed by atoms with Gasteiger partial charge < -0.3 is 28.8 Å². The van der Waals surface area contributed by atoms with Crippen molar-refractivity contribution in [3.8, 4) is 0 Å². The molecule has 2 N–H and O–H groups in total. The fourth-order valence-electron chi connectivity index (χ4n) is 8.53. The minimum absolute atomic E-state index is 0.00810. The average Bonchev–Trinajstić information content (AvgIpc) is 3.36. The van der Waals surface area contributed by atoms with Crippen molar-refractivity contribution in [2.75, 3.05) is 40.9 Å². The Kier molecular flexibility index (Phi) is 53.3. The maximum atomic E-state index is 12.9. The normalized spacial score (nSPS) is 14.5. The number of aliphatic hydroxyl groups excluding tert-OH is 1. The highest BCUT2D eigenvalue weighted by molar-refractivity contribution is 7.45. The van der Waals surface area contributed by atoms with E-state index in [9.17, 15) is 19.4 Å². The first-order chi connectivity index (χ1) is 36.0. The average molecular weight is 1050 g/mol. The lowest BCUT2D eigenvalue weighted by Gasteiger charge is -2.29. The van der Waals surface area contributed by atoms with Crippen molar-refractivity contribution < 1.29 is 32.9 Å². The number of hydrogen-bond acceptors (Lipinski definition) is 6. The molecule has 1 amide bonds. The van der Waals surface area contributed by atoms with Crippen LogP contribution in [0.4, 0.5) is 0 Å². The van der Waals surface area contributed by atoms with Crippen LogP contribution in [0.5, 0.6) is 0 Å². The van der Waals surface area contributed by atoms with Crippen molar-refractivity contribution in [3.05, 3.63) is 97.2 Å². The molecule has 3 atom stereocenters. The highest BCUT2D eigenvalue weighted by atomic mass is 31.2. The number of rotatable bonds is 55. The van der Waals surface area contributed by atoms with Crippen LogP contribution in [0.2, 0.25) is 0 Å². The smallest absolute Gasteiger partial charge is 0.268 e. The molecule has 0 aromatic rings. The monoisotopic (exact) mass is 1050 g/mol. The first kappa shape index (κ1) is 71.4. The van der Waals surface area contributed by atoms with Gasteiger partial charge >= 0.3 is 0 Å². The number of unbranched alkanes of at least 4 members (excludes halogenated alkanes) is 28. The summed E-state index contributed by atoms with van der Waals surface area (Å²) in [5.41, 5.74) is 0. The van der Waals surface area contributed by atoms with Crippen LogP contribution in [-0.2, 0) is 18.4 Å². The Balaban J connectivity index is 3.96. The van der Waals surface area contributed by atoms with Crippen LogP contribution in [0.1, 0.15) is 258 Å². The van der Waals surface area contributed by atoms with Gasteiger partial charge in [-0.15, -0.1) is 0 Å². The zero-order chi connectivity index (χ0) is 54.2. The Bertz CT molecular complexity index is 1520. The maximum absolute atomic E-state index is 12.9. The number of amides is 1. The standard InChI is InChI=1S/C65H117N2O6P/c1-6-8-10-12-14-16-18-20-21-22-23-24-25-26-27-28-29-30-31-32-33-34-35-36-37-38-39-40-41-42-43-44-45-47-49-51-53-55-57-59-65(69)66-63(62-73-74(70,71)72-61-60-67(3,4)5)64(68)58-56-54-52-50-48-46-19-17-15-13-11-9-7-2/h8,10,14,16,20-21,23-24,26-27,29-30,48,50,56,58,63-64,68H,6-7,9,11-13,15,17-19,22,25,28,31-47,49,51-55,57,59-62H2,1-5H3,(H-,66,69,70,71)/b10-8-,16-14-,21-20-,24-23-,27-26-,30-29-,50-48+,58-56+. The fraction of sp³-hybridized carbons (Fsp3) is 0.738. The minimum Gasteiger partial charge on any atom is -0.756 e. The first-order valence-corrected chi connectivity index (χ1v) is 32.1. The van der Waals surface area contributed by atoms with E-state index in [-0.39, 0.29) is 12.5 Å². The molecule has 0 aromatic carbocycles. The molecular weight excluding hydrogens is 936 g/mol. The molecule has 0 bridgehead atoms. The lowest BCUT2D eigenvalue weighted by molar-refractivity contribution is -0.870. The molecule has 0 aliphatic rings. The predicted octanol–water partition coefficient (Wildman–Crippen LogP) is 18.4. The Morgan fingerprint density at radius 1 is 0.486 bits per heavy atom. The number of phosphoric acid groups is 1. The third-order valence-corrected chi connectivity index (χ3v) is 14.2. The number of aliphatic hydroxyl groups is 1. The van der Waals surface area contributed by atoms with Crippen molar-refractivity contribution >= 4 is 13.7 Å². The zero-order valence-corrected chi connectivity index (χ0v) is 49.7. The van der Waals surface area contributed by atoms with Crippen LogP contribution in [-0.4, -0.2) is 68.5 Å². The molecule has 0 fully saturated rings. The molecule has 0 aliphatic carbocycles.